The first-order valence-corrected chi connectivity index (χ1v) is 8.20. The van der Waals surface area contributed by atoms with Crippen LogP contribution in [-0.2, 0) is 0 Å². The highest BCUT2D eigenvalue weighted by molar-refractivity contribution is 8.24. The number of hydrogen-bond acceptors (Lipinski definition) is 6. The molecule has 84 valence electrons. The monoisotopic (exact) mass is 280 g/mol. The van der Waals surface area contributed by atoms with E-state index in [0.717, 1.165) is 16.2 Å². The summed E-state index contributed by atoms with van der Waals surface area (Å²) in [6.45, 7) is 0.332. The van der Waals surface area contributed by atoms with Crippen molar-refractivity contribution in [3.05, 3.63) is 20.6 Å². The Kier molecular flexibility index (Phi) is 4.85. The Hall–Kier alpha value is 0.800. The highest BCUT2D eigenvalue weighted by Gasteiger charge is 2.25. The van der Waals surface area contributed by atoms with Crippen LogP contribution in [0.3, 0.4) is 0 Å². The molecule has 0 saturated carbocycles. The molecule has 0 radical (unpaired) electrons. The summed E-state index contributed by atoms with van der Waals surface area (Å²) in [6.07, 6.45) is 1.10. The van der Waals surface area contributed by atoms with Crippen LogP contribution in [0.2, 0.25) is 0 Å². The SMILES string of the molecule is OCC1=CSC(CC2SC=C(CO)S2)S1. The van der Waals surface area contributed by atoms with Gasteiger partial charge in [0.15, 0.2) is 0 Å². The van der Waals surface area contributed by atoms with Gasteiger partial charge in [-0.3, -0.25) is 0 Å². The molecule has 0 aromatic heterocycles. The van der Waals surface area contributed by atoms with Crippen LogP contribution < -0.4 is 0 Å². The van der Waals surface area contributed by atoms with E-state index in [9.17, 15) is 0 Å². The molecule has 0 aliphatic carbocycles. The minimum Gasteiger partial charge on any atom is -0.391 e. The van der Waals surface area contributed by atoms with E-state index in [0.29, 0.717) is 9.16 Å². The van der Waals surface area contributed by atoms with Crippen LogP contribution in [0.15, 0.2) is 20.6 Å². The van der Waals surface area contributed by atoms with Crippen LogP contribution in [0.4, 0.5) is 0 Å². The van der Waals surface area contributed by atoms with Gasteiger partial charge in [0.05, 0.1) is 22.4 Å². The predicted octanol–water partition coefficient (Wildman–Crippen LogP) is 2.66. The Morgan fingerprint density at radius 3 is 1.73 bits per heavy atom. The topological polar surface area (TPSA) is 40.5 Å². The molecular formula is C9H12O2S4. The lowest BCUT2D eigenvalue weighted by Crippen LogP contribution is -2.02. The lowest BCUT2D eigenvalue weighted by molar-refractivity contribution is 0.339. The van der Waals surface area contributed by atoms with Crippen molar-refractivity contribution in [2.75, 3.05) is 13.2 Å². The summed E-state index contributed by atoms with van der Waals surface area (Å²) in [5, 5.41) is 22.0. The fourth-order valence-electron chi connectivity index (χ4n) is 1.27. The first kappa shape index (κ1) is 12.3. The van der Waals surface area contributed by atoms with Crippen LogP contribution >= 0.6 is 47.0 Å². The Labute approximate surface area is 106 Å². The van der Waals surface area contributed by atoms with Gasteiger partial charge in [0.2, 0.25) is 0 Å². The quantitative estimate of drug-likeness (QED) is 0.825. The molecule has 0 aromatic carbocycles. The molecule has 2 aliphatic rings. The highest BCUT2D eigenvalue weighted by atomic mass is 32.2. The van der Waals surface area contributed by atoms with Gasteiger partial charge in [-0.1, -0.05) is 0 Å². The maximum Gasteiger partial charge on any atom is 0.0746 e. The van der Waals surface area contributed by atoms with E-state index in [1.165, 1.54) is 0 Å². The lowest BCUT2D eigenvalue weighted by atomic mass is 10.5. The van der Waals surface area contributed by atoms with Gasteiger partial charge in [0.1, 0.15) is 0 Å². The van der Waals surface area contributed by atoms with E-state index >= 15 is 0 Å². The van der Waals surface area contributed by atoms with Crippen molar-refractivity contribution in [1.82, 2.24) is 0 Å². The van der Waals surface area contributed by atoms with Gasteiger partial charge in [-0.25, -0.2) is 0 Å². The van der Waals surface area contributed by atoms with Gasteiger partial charge in [-0.15, -0.1) is 47.0 Å². The summed E-state index contributed by atoms with van der Waals surface area (Å²) < 4.78 is 1.06. The minimum atomic E-state index is 0.166. The molecule has 2 rings (SSSR count). The van der Waals surface area contributed by atoms with Crippen molar-refractivity contribution in [3.63, 3.8) is 0 Å². The molecule has 2 heterocycles. The molecule has 0 fully saturated rings. The van der Waals surface area contributed by atoms with Gasteiger partial charge in [0.25, 0.3) is 0 Å². The molecule has 2 atom stereocenters. The number of hydrogen-bond donors (Lipinski definition) is 2. The average molecular weight is 280 g/mol. The third-order valence-electron chi connectivity index (χ3n) is 1.96. The zero-order chi connectivity index (χ0) is 10.7. The Morgan fingerprint density at radius 1 is 0.933 bits per heavy atom. The highest BCUT2D eigenvalue weighted by Crippen LogP contribution is 2.48. The maximum atomic E-state index is 8.97. The van der Waals surface area contributed by atoms with Crippen molar-refractivity contribution in [2.45, 2.75) is 15.6 Å². The molecule has 0 saturated heterocycles. The van der Waals surface area contributed by atoms with Crippen LogP contribution in [-0.4, -0.2) is 32.6 Å². The van der Waals surface area contributed by atoms with Crippen LogP contribution in [0.1, 0.15) is 6.42 Å². The normalized spacial score (nSPS) is 30.5. The van der Waals surface area contributed by atoms with Crippen molar-refractivity contribution in [2.24, 2.45) is 0 Å². The molecule has 0 amide bonds. The second kappa shape index (κ2) is 5.93. The first-order chi connectivity index (χ1) is 7.31. The third kappa shape index (κ3) is 3.38. The molecule has 2 N–H and O–H groups in total. The van der Waals surface area contributed by atoms with E-state index in [4.69, 9.17) is 10.2 Å². The lowest BCUT2D eigenvalue weighted by Gasteiger charge is -2.13. The molecule has 0 aromatic rings. The number of aliphatic hydroxyl groups is 2. The summed E-state index contributed by atoms with van der Waals surface area (Å²) >= 11 is 7.13. The van der Waals surface area contributed by atoms with Crippen LogP contribution in [0.5, 0.6) is 0 Å². The van der Waals surface area contributed by atoms with Gasteiger partial charge in [-0.05, 0) is 17.2 Å². The largest absolute Gasteiger partial charge is 0.391 e. The zero-order valence-corrected chi connectivity index (χ0v) is 11.2. The van der Waals surface area contributed by atoms with E-state index in [-0.39, 0.29) is 13.2 Å². The molecule has 0 spiro atoms. The number of thioether (sulfide) groups is 4. The first-order valence-electron chi connectivity index (χ1n) is 4.56. The summed E-state index contributed by atoms with van der Waals surface area (Å²) in [5.41, 5.74) is 0. The van der Waals surface area contributed by atoms with Gasteiger partial charge >= 0.3 is 0 Å². The molecule has 15 heavy (non-hydrogen) atoms. The Bertz CT molecular complexity index is 262. The maximum absolute atomic E-state index is 8.97. The van der Waals surface area contributed by atoms with Crippen molar-refractivity contribution in [1.29, 1.82) is 0 Å². The summed E-state index contributed by atoms with van der Waals surface area (Å²) in [7, 11) is 0. The van der Waals surface area contributed by atoms with E-state index < -0.39 is 0 Å². The van der Waals surface area contributed by atoms with E-state index in [1.54, 1.807) is 47.0 Å². The fourth-order valence-corrected chi connectivity index (χ4v) is 6.82. The average Bonchev–Trinajstić information content (AvgIpc) is 2.87. The summed E-state index contributed by atoms with van der Waals surface area (Å²) in [6, 6.07) is 0. The van der Waals surface area contributed by atoms with Gasteiger partial charge in [0, 0.05) is 9.81 Å². The summed E-state index contributed by atoms with van der Waals surface area (Å²) in [5.74, 6) is 0. The zero-order valence-electron chi connectivity index (χ0n) is 7.96. The summed E-state index contributed by atoms with van der Waals surface area (Å²) in [4.78, 5) is 2.15. The van der Waals surface area contributed by atoms with Crippen molar-refractivity contribution >= 4 is 47.0 Å². The molecule has 2 aliphatic heterocycles. The van der Waals surface area contributed by atoms with Crippen molar-refractivity contribution in [3.8, 4) is 0 Å². The predicted molar refractivity (Wildman–Crippen MR) is 72.9 cm³/mol. The third-order valence-corrected chi connectivity index (χ3v) is 7.35. The second-order valence-corrected chi connectivity index (χ2v) is 8.50. The van der Waals surface area contributed by atoms with E-state index in [1.807, 2.05) is 0 Å². The Morgan fingerprint density at radius 2 is 1.40 bits per heavy atom. The molecule has 6 heteroatoms. The van der Waals surface area contributed by atoms with Crippen molar-refractivity contribution < 1.29 is 10.2 Å². The van der Waals surface area contributed by atoms with Gasteiger partial charge in [-0.2, -0.15) is 0 Å². The number of rotatable bonds is 4. The Balaban J connectivity index is 1.72. The van der Waals surface area contributed by atoms with Gasteiger partial charge < -0.3 is 10.2 Å². The fraction of sp³-hybridized carbons (Fsp3) is 0.556. The molecule has 2 nitrogen and oxygen atoms in total. The minimum absolute atomic E-state index is 0.166. The molecule has 0 bridgehead atoms. The van der Waals surface area contributed by atoms with Crippen LogP contribution in [0, 0.1) is 0 Å². The second-order valence-electron chi connectivity index (χ2n) is 3.09. The number of aliphatic hydroxyl groups excluding tert-OH is 2. The molecular weight excluding hydrogens is 268 g/mol. The molecule has 2 unspecified atom stereocenters. The standard InChI is InChI=1S/C9H12O2S4/c10-2-6-4-12-8(14-6)1-9-13-5-7(3-11)15-9/h4-5,8-11H,1-3H2. The van der Waals surface area contributed by atoms with Crippen LogP contribution in [0.25, 0.3) is 0 Å². The smallest absolute Gasteiger partial charge is 0.0746 e. The van der Waals surface area contributed by atoms with E-state index in [2.05, 4.69) is 10.8 Å².